The summed E-state index contributed by atoms with van der Waals surface area (Å²) in [5.74, 6) is 4.96. The van der Waals surface area contributed by atoms with E-state index in [2.05, 4.69) is 5.43 Å². The Hall–Kier alpha value is -1.98. The van der Waals surface area contributed by atoms with E-state index in [4.69, 9.17) is 10.6 Å². The van der Waals surface area contributed by atoms with E-state index in [-0.39, 0.29) is 11.6 Å². The van der Waals surface area contributed by atoms with Gasteiger partial charge in [0.05, 0.1) is 13.2 Å². The van der Waals surface area contributed by atoms with Crippen LogP contribution in [-0.4, -0.2) is 7.11 Å². The molecule has 0 amide bonds. The molecule has 2 rings (SSSR count). The summed E-state index contributed by atoms with van der Waals surface area (Å²) in [7, 11) is 1.40. The van der Waals surface area contributed by atoms with E-state index >= 15 is 0 Å². The van der Waals surface area contributed by atoms with Crippen molar-refractivity contribution >= 4 is 0 Å². The molecular weight excluding hydrogens is 262 g/mol. The van der Waals surface area contributed by atoms with E-state index in [1.165, 1.54) is 25.3 Å². The predicted octanol–water partition coefficient (Wildman–Crippen LogP) is 2.83. The highest BCUT2D eigenvalue weighted by Gasteiger charge is 2.15. The Morgan fingerprint density at radius 2 is 1.70 bits per heavy atom. The zero-order chi connectivity index (χ0) is 14.7. The lowest BCUT2D eigenvalue weighted by Crippen LogP contribution is -2.29. The zero-order valence-electron chi connectivity index (χ0n) is 11.3. The summed E-state index contributed by atoms with van der Waals surface area (Å²) in [4.78, 5) is 0. The number of nitrogens with one attached hydrogen (secondary N) is 1. The first kappa shape index (κ1) is 14.4. The first-order valence-electron chi connectivity index (χ1n) is 6.12. The number of halogens is 2. The van der Waals surface area contributed by atoms with Crippen molar-refractivity contribution in [2.75, 3.05) is 7.11 Å². The van der Waals surface area contributed by atoms with Crippen LogP contribution in [0.4, 0.5) is 8.78 Å². The Labute approximate surface area is 116 Å². The molecule has 0 spiro atoms. The van der Waals surface area contributed by atoms with Crippen LogP contribution in [0.15, 0.2) is 36.4 Å². The second-order valence-electron chi connectivity index (χ2n) is 4.50. The normalized spacial score (nSPS) is 12.2. The molecule has 0 heterocycles. The molecule has 0 saturated heterocycles. The van der Waals surface area contributed by atoms with Crippen molar-refractivity contribution in [2.45, 2.75) is 13.0 Å². The fraction of sp³-hybridized carbons (Fsp3) is 0.200. The Kier molecular flexibility index (Phi) is 4.32. The minimum atomic E-state index is -0.468. The Balaban J connectivity index is 2.41. The maximum Gasteiger partial charge on any atom is 0.165 e. The average Bonchev–Trinajstić information content (AvgIpc) is 2.44. The molecule has 0 aromatic heterocycles. The monoisotopic (exact) mass is 278 g/mol. The molecule has 2 aromatic rings. The van der Waals surface area contributed by atoms with Gasteiger partial charge in [0.25, 0.3) is 0 Å². The molecule has 0 bridgehead atoms. The largest absolute Gasteiger partial charge is 0.494 e. The average molecular weight is 278 g/mol. The zero-order valence-corrected chi connectivity index (χ0v) is 11.3. The summed E-state index contributed by atoms with van der Waals surface area (Å²) in [6.45, 7) is 1.67. The van der Waals surface area contributed by atoms with Crippen molar-refractivity contribution in [1.82, 2.24) is 5.43 Å². The van der Waals surface area contributed by atoms with E-state index in [1.54, 1.807) is 25.1 Å². The van der Waals surface area contributed by atoms with Crippen LogP contribution >= 0.6 is 0 Å². The second-order valence-corrected chi connectivity index (χ2v) is 4.50. The molecule has 5 heteroatoms. The number of nitrogens with two attached hydrogens (primary N) is 1. The van der Waals surface area contributed by atoms with Gasteiger partial charge in [-0.25, -0.2) is 14.2 Å². The van der Waals surface area contributed by atoms with Crippen LogP contribution in [0, 0.1) is 18.6 Å². The maximum atomic E-state index is 13.8. The smallest absolute Gasteiger partial charge is 0.165 e. The minimum Gasteiger partial charge on any atom is -0.494 e. The molecule has 0 aliphatic heterocycles. The van der Waals surface area contributed by atoms with Crippen LogP contribution in [0.3, 0.4) is 0 Å². The number of ether oxygens (including phenoxy) is 1. The van der Waals surface area contributed by atoms with E-state index in [9.17, 15) is 8.78 Å². The molecule has 3 nitrogen and oxygen atoms in total. The molecule has 0 saturated carbocycles. The van der Waals surface area contributed by atoms with Crippen molar-refractivity contribution in [3.63, 3.8) is 0 Å². The summed E-state index contributed by atoms with van der Waals surface area (Å²) < 4.78 is 31.9. The highest BCUT2D eigenvalue weighted by molar-refractivity contribution is 5.37. The standard InChI is InChI=1S/C15H16F2N2O/c1-9-7-10(3-5-12(9)16)15(19-18)11-4-6-14(20-2)13(17)8-11/h3-8,15,19H,18H2,1-2H3. The number of hydrazine groups is 1. The lowest BCUT2D eigenvalue weighted by molar-refractivity contribution is 0.385. The van der Waals surface area contributed by atoms with Crippen LogP contribution in [0.5, 0.6) is 5.75 Å². The van der Waals surface area contributed by atoms with E-state index < -0.39 is 11.9 Å². The van der Waals surface area contributed by atoms with Gasteiger partial charge in [-0.2, -0.15) is 0 Å². The number of hydrogen-bond acceptors (Lipinski definition) is 3. The molecule has 1 atom stereocenters. The number of rotatable bonds is 4. The van der Waals surface area contributed by atoms with Crippen LogP contribution < -0.4 is 16.0 Å². The second kappa shape index (κ2) is 5.98. The SMILES string of the molecule is COc1ccc(C(NN)c2ccc(F)c(C)c2)cc1F. The van der Waals surface area contributed by atoms with Crippen LogP contribution in [-0.2, 0) is 0 Å². The quantitative estimate of drug-likeness (QED) is 0.668. The molecule has 2 aromatic carbocycles. The van der Waals surface area contributed by atoms with Crippen LogP contribution in [0.1, 0.15) is 22.7 Å². The molecule has 0 radical (unpaired) electrons. The summed E-state index contributed by atoms with van der Waals surface area (Å²) >= 11 is 0. The maximum absolute atomic E-state index is 13.8. The van der Waals surface area contributed by atoms with Gasteiger partial charge in [-0.3, -0.25) is 5.84 Å². The summed E-state index contributed by atoms with van der Waals surface area (Å²) in [6, 6.07) is 8.85. The summed E-state index contributed by atoms with van der Waals surface area (Å²) in [5.41, 5.74) is 4.52. The summed E-state index contributed by atoms with van der Waals surface area (Å²) in [5, 5.41) is 0. The van der Waals surface area contributed by atoms with Gasteiger partial charge in [0.1, 0.15) is 5.82 Å². The van der Waals surface area contributed by atoms with Crippen LogP contribution in [0.25, 0.3) is 0 Å². The molecule has 20 heavy (non-hydrogen) atoms. The minimum absolute atomic E-state index is 0.166. The molecule has 3 N–H and O–H groups in total. The third-order valence-electron chi connectivity index (χ3n) is 3.19. The number of methoxy groups -OCH3 is 1. The third-order valence-corrected chi connectivity index (χ3v) is 3.19. The Morgan fingerprint density at radius 3 is 2.25 bits per heavy atom. The lowest BCUT2D eigenvalue weighted by atomic mass is 9.97. The molecule has 0 aliphatic rings. The molecular formula is C15H16F2N2O. The third kappa shape index (κ3) is 2.79. The highest BCUT2D eigenvalue weighted by atomic mass is 19.1. The van der Waals surface area contributed by atoms with Crippen molar-refractivity contribution in [3.8, 4) is 5.75 Å². The van der Waals surface area contributed by atoms with Crippen molar-refractivity contribution < 1.29 is 13.5 Å². The Morgan fingerprint density at radius 1 is 1.05 bits per heavy atom. The fourth-order valence-corrected chi connectivity index (χ4v) is 2.09. The summed E-state index contributed by atoms with van der Waals surface area (Å²) in [6.07, 6.45) is 0. The fourth-order valence-electron chi connectivity index (χ4n) is 2.09. The topological polar surface area (TPSA) is 47.3 Å². The van der Waals surface area contributed by atoms with Crippen molar-refractivity contribution in [3.05, 3.63) is 64.7 Å². The molecule has 1 unspecified atom stereocenters. The van der Waals surface area contributed by atoms with E-state index in [0.29, 0.717) is 11.1 Å². The van der Waals surface area contributed by atoms with Gasteiger partial charge in [0.15, 0.2) is 11.6 Å². The van der Waals surface area contributed by atoms with Crippen molar-refractivity contribution in [1.29, 1.82) is 0 Å². The van der Waals surface area contributed by atoms with Crippen molar-refractivity contribution in [2.24, 2.45) is 5.84 Å². The first-order chi connectivity index (χ1) is 9.56. The number of hydrogen-bond donors (Lipinski definition) is 2. The van der Waals surface area contributed by atoms with E-state index in [0.717, 1.165) is 5.56 Å². The van der Waals surface area contributed by atoms with Gasteiger partial charge in [-0.1, -0.05) is 18.2 Å². The van der Waals surface area contributed by atoms with E-state index in [1.807, 2.05) is 0 Å². The van der Waals surface area contributed by atoms with Gasteiger partial charge in [0, 0.05) is 0 Å². The highest BCUT2D eigenvalue weighted by Crippen LogP contribution is 2.26. The molecule has 0 aliphatic carbocycles. The van der Waals surface area contributed by atoms with Gasteiger partial charge in [-0.05, 0) is 41.8 Å². The van der Waals surface area contributed by atoms with Crippen LogP contribution in [0.2, 0.25) is 0 Å². The lowest BCUT2D eigenvalue weighted by Gasteiger charge is -2.18. The first-order valence-corrected chi connectivity index (χ1v) is 6.12. The Bertz CT molecular complexity index is 617. The van der Waals surface area contributed by atoms with Gasteiger partial charge in [-0.15, -0.1) is 0 Å². The van der Waals surface area contributed by atoms with Gasteiger partial charge < -0.3 is 4.74 Å². The number of aryl methyl sites for hydroxylation is 1. The predicted molar refractivity (Wildman–Crippen MR) is 73.3 cm³/mol. The molecule has 0 fully saturated rings. The van der Waals surface area contributed by atoms with Gasteiger partial charge in [0.2, 0.25) is 0 Å². The van der Waals surface area contributed by atoms with Gasteiger partial charge >= 0.3 is 0 Å². The molecule has 106 valence electrons. The number of benzene rings is 2.